The predicted octanol–water partition coefficient (Wildman–Crippen LogP) is 4.73. The van der Waals surface area contributed by atoms with Gasteiger partial charge in [-0.05, 0) is 75.9 Å². The van der Waals surface area contributed by atoms with Crippen LogP contribution in [0.2, 0.25) is 5.02 Å². The third kappa shape index (κ3) is 3.01. The normalized spacial score (nSPS) is 15.1. The van der Waals surface area contributed by atoms with Crippen LogP contribution in [0.3, 0.4) is 0 Å². The van der Waals surface area contributed by atoms with Crippen LogP contribution < -0.4 is 0 Å². The van der Waals surface area contributed by atoms with E-state index in [1.807, 2.05) is 24.3 Å². The van der Waals surface area contributed by atoms with Gasteiger partial charge in [0, 0.05) is 11.4 Å². The Kier molecular flexibility index (Phi) is 3.98. The van der Waals surface area contributed by atoms with Gasteiger partial charge in [0.05, 0.1) is 0 Å². The van der Waals surface area contributed by atoms with Crippen molar-refractivity contribution < 1.29 is 0 Å². The molecule has 1 aliphatic carbocycles. The zero-order valence-electron chi connectivity index (χ0n) is 14.0. The van der Waals surface area contributed by atoms with Gasteiger partial charge in [0.25, 0.3) is 0 Å². The Labute approximate surface area is 151 Å². The number of allylic oxidation sites excluding steroid dienone is 3. The lowest BCUT2D eigenvalue weighted by Gasteiger charge is -2.06. The van der Waals surface area contributed by atoms with Gasteiger partial charge in [0.1, 0.15) is 0 Å². The van der Waals surface area contributed by atoms with E-state index in [2.05, 4.69) is 58.7 Å². The van der Waals surface area contributed by atoms with Gasteiger partial charge in [-0.2, -0.15) is 0 Å². The maximum absolute atomic E-state index is 6.01. The van der Waals surface area contributed by atoms with Gasteiger partial charge in [0.2, 0.25) is 0 Å². The molecule has 0 aliphatic heterocycles. The van der Waals surface area contributed by atoms with Crippen molar-refractivity contribution in [2.45, 2.75) is 20.3 Å². The summed E-state index contributed by atoms with van der Waals surface area (Å²) in [6, 6.07) is 14.5. The van der Waals surface area contributed by atoms with E-state index in [1.54, 1.807) is 0 Å². The second-order valence-electron chi connectivity index (χ2n) is 6.29. The van der Waals surface area contributed by atoms with Crippen LogP contribution in [0.15, 0.2) is 48.0 Å². The van der Waals surface area contributed by atoms with Crippen molar-refractivity contribution >= 4 is 28.8 Å². The average Bonchev–Trinajstić information content (AvgIpc) is 3.20. The van der Waals surface area contributed by atoms with E-state index in [9.17, 15) is 0 Å². The molecule has 0 saturated heterocycles. The number of hydrogen-bond acceptors (Lipinski definition) is 3. The molecule has 1 aliphatic rings. The van der Waals surface area contributed by atoms with E-state index in [0.717, 1.165) is 16.4 Å². The van der Waals surface area contributed by atoms with Crippen LogP contribution in [0.25, 0.3) is 17.2 Å². The second-order valence-corrected chi connectivity index (χ2v) is 6.72. The van der Waals surface area contributed by atoms with Crippen LogP contribution in [0.5, 0.6) is 0 Å². The Morgan fingerprint density at radius 3 is 2.56 bits per heavy atom. The Balaban J connectivity index is 1.84. The Bertz CT molecular complexity index is 983. The highest BCUT2D eigenvalue weighted by Gasteiger charge is 2.24. The molecule has 124 valence electrons. The van der Waals surface area contributed by atoms with Gasteiger partial charge in [-0.3, -0.25) is 0 Å². The first-order valence-electron chi connectivity index (χ1n) is 8.13. The molecule has 2 aromatic carbocycles. The molecule has 5 heteroatoms. The molecule has 3 aromatic rings. The summed E-state index contributed by atoms with van der Waals surface area (Å²) in [6.45, 7) is 4.28. The number of tetrazole rings is 1. The number of fused-ring (bicyclic) bond motifs is 1. The van der Waals surface area contributed by atoms with Crippen molar-refractivity contribution in [3.63, 3.8) is 0 Å². The van der Waals surface area contributed by atoms with Crippen LogP contribution in [-0.4, -0.2) is 20.6 Å². The first kappa shape index (κ1) is 15.8. The average molecular weight is 349 g/mol. The van der Waals surface area contributed by atoms with Gasteiger partial charge < -0.3 is 0 Å². The number of benzene rings is 2. The van der Waals surface area contributed by atoms with E-state index in [0.29, 0.717) is 6.42 Å². The van der Waals surface area contributed by atoms with Gasteiger partial charge in [-0.1, -0.05) is 47.5 Å². The Morgan fingerprint density at radius 1 is 1.04 bits per heavy atom. The van der Waals surface area contributed by atoms with Gasteiger partial charge in [-0.15, -0.1) is 5.10 Å². The van der Waals surface area contributed by atoms with E-state index < -0.39 is 0 Å². The lowest BCUT2D eigenvalue weighted by atomic mass is 9.99. The standard InChI is InChI=1S/C20H17ClN4/c1-12-3-8-16-17(10-14-4-6-15(21)7-5-14)13(2)18(19(16)9-12)11-20-22-24-25-23-20/h3-10H,11H2,1-2H3,(H,22,23,24,25). The summed E-state index contributed by atoms with van der Waals surface area (Å²) in [6.07, 6.45) is 2.90. The second kappa shape index (κ2) is 6.30. The number of aryl methyl sites for hydroxylation is 1. The first-order valence-corrected chi connectivity index (χ1v) is 8.51. The first-order chi connectivity index (χ1) is 12.1. The highest BCUT2D eigenvalue weighted by molar-refractivity contribution is 6.30. The van der Waals surface area contributed by atoms with Crippen molar-refractivity contribution in [1.82, 2.24) is 20.6 Å². The number of nitrogens with one attached hydrogen (secondary N) is 1. The third-order valence-corrected chi connectivity index (χ3v) is 4.81. The largest absolute Gasteiger partial charge is 0.243 e. The van der Waals surface area contributed by atoms with E-state index in [1.165, 1.54) is 33.4 Å². The molecule has 0 bridgehead atoms. The SMILES string of the molecule is CC1=C(Cc2nnn[nH]2)c2cc(C)ccc2C1=Cc1ccc(Cl)cc1. The molecule has 0 saturated carbocycles. The molecule has 1 aromatic heterocycles. The zero-order valence-corrected chi connectivity index (χ0v) is 14.8. The summed E-state index contributed by atoms with van der Waals surface area (Å²) in [5.41, 5.74) is 8.64. The van der Waals surface area contributed by atoms with Crippen molar-refractivity contribution in [2.75, 3.05) is 0 Å². The number of hydrogen-bond donors (Lipinski definition) is 1. The molecule has 4 nitrogen and oxygen atoms in total. The highest BCUT2D eigenvalue weighted by Crippen LogP contribution is 2.43. The van der Waals surface area contributed by atoms with Crippen LogP contribution in [0, 0.1) is 6.92 Å². The number of rotatable bonds is 3. The van der Waals surface area contributed by atoms with E-state index in [-0.39, 0.29) is 0 Å². The fourth-order valence-electron chi connectivity index (χ4n) is 3.27. The summed E-state index contributed by atoms with van der Waals surface area (Å²) >= 11 is 6.01. The zero-order chi connectivity index (χ0) is 17.4. The maximum Gasteiger partial charge on any atom is 0.152 e. The lowest BCUT2D eigenvalue weighted by Crippen LogP contribution is -1.93. The lowest BCUT2D eigenvalue weighted by molar-refractivity contribution is 0.881. The number of halogens is 1. The molecule has 0 spiro atoms. The molecular weight excluding hydrogens is 332 g/mol. The van der Waals surface area contributed by atoms with Gasteiger partial charge in [0.15, 0.2) is 5.82 Å². The molecule has 0 radical (unpaired) electrons. The quantitative estimate of drug-likeness (QED) is 0.744. The van der Waals surface area contributed by atoms with Gasteiger partial charge in [-0.25, -0.2) is 5.10 Å². The predicted molar refractivity (Wildman–Crippen MR) is 101 cm³/mol. The fourth-order valence-corrected chi connectivity index (χ4v) is 3.40. The minimum absolute atomic E-state index is 0.688. The van der Waals surface area contributed by atoms with Crippen molar-refractivity contribution in [2.24, 2.45) is 0 Å². The van der Waals surface area contributed by atoms with Crippen LogP contribution in [-0.2, 0) is 6.42 Å². The topological polar surface area (TPSA) is 54.5 Å². The maximum atomic E-state index is 6.01. The molecule has 0 fully saturated rings. The van der Waals surface area contributed by atoms with Crippen molar-refractivity contribution in [3.05, 3.63) is 81.1 Å². The molecule has 0 unspecified atom stereocenters. The molecule has 4 rings (SSSR count). The summed E-state index contributed by atoms with van der Waals surface area (Å²) in [5.74, 6) is 0.773. The van der Waals surface area contributed by atoms with Crippen molar-refractivity contribution in [3.8, 4) is 0 Å². The summed E-state index contributed by atoms with van der Waals surface area (Å²) in [5, 5.41) is 15.0. The molecule has 1 heterocycles. The van der Waals surface area contributed by atoms with E-state index in [4.69, 9.17) is 11.6 Å². The minimum atomic E-state index is 0.688. The van der Waals surface area contributed by atoms with Crippen LogP contribution in [0.4, 0.5) is 0 Å². The monoisotopic (exact) mass is 348 g/mol. The summed E-state index contributed by atoms with van der Waals surface area (Å²) in [7, 11) is 0. The number of nitrogens with zero attached hydrogens (tertiary/aromatic N) is 3. The molecule has 25 heavy (non-hydrogen) atoms. The minimum Gasteiger partial charge on any atom is -0.243 e. The third-order valence-electron chi connectivity index (χ3n) is 4.56. The molecule has 0 atom stereocenters. The number of aromatic amines is 1. The smallest absolute Gasteiger partial charge is 0.152 e. The van der Waals surface area contributed by atoms with Crippen molar-refractivity contribution in [1.29, 1.82) is 0 Å². The van der Waals surface area contributed by atoms with Gasteiger partial charge >= 0.3 is 0 Å². The molecule has 1 N–H and O–H groups in total. The van der Waals surface area contributed by atoms with Crippen LogP contribution in [0.1, 0.15) is 35.0 Å². The fraction of sp³-hybridized carbons (Fsp3) is 0.150. The van der Waals surface area contributed by atoms with E-state index >= 15 is 0 Å². The summed E-state index contributed by atoms with van der Waals surface area (Å²) in [4.78, 5) is 0. The molecule has 0 amide bonds. The molecular formula is C20H17ClN4. The van der Waals surface area contributed by atoms with Crippen LogP contribution >= 0.6 is 11.6 Å². The number of aromatic nitrogens is 4. The number of H-pyrrole nitrogens is 1. The summed E-state index contributed by atoms with van der Waals surface area (Å²) < 4.78 is 0. The Hall–Kier alpha value is -2.72. The highest BCUT2D eigenvalue weighted by atomic mass is 35.5. The Morgan fingerprint density at radius 2 is 1.84 bits per heavy atom.